The summed E-state index contributed by atoms with van der Waals surface area (Å²) < 4.78 is 9.64. The van der Waals surface area contributed by atoms with E-state index in [0.29, 0.717) is 18.8 Å². The van der Waals surface area contributed by atoms with Gasteiger partial charge in [0.25, 0.3) is 0 Å². The van der Waals surface area contributed by atoms with E-state index >= 15 is 0 Å². The lowest BCUT2D eigenvalue weighted by molar-refractivity contribution is 0.201. The normalized spacial score (nSPS) is 9.93. The number of nitrogens with zero attached hydrogens (tertiary/aromatic N) is 1. The molecule has 0 amide bonds. The maximum absolute atomic E-state index is 8.63. The number of aromatic nitrogens is 1. The highest BCUT2D eigenvalue weighted by Gasteiger charge is 2.13. The van der Waals surface area contributed by atoms with Gasteiger partial charge in [0, 0.05) is 13.3 Å². The predicted molar refractivity (Wildman–Crippen MR) is 50.6 cm³/mol. The molecule has 0 aliphatic rings. The zero-order valence-electron chi connectivity index (χ0n) is 7.88. The molecule has 0 saturated carbocycles. The molecular formula is C8H12BNO4. The summed E-state index contributed by atoms with van der Waals surface area (Å²) in [7, 11) is -0.219. The molecule has 0 spiro atoms. The van der Waals surface area contributed by atoms with E-state index in [1.165, 1.54) is 6.20 Å². The third kappa shape index (κ3) is 3.33. The Morgan fingerprint density at radius 1 is 1.50 bits per heavy atom. The Kier molecular flexibility index (Phi) is 4.38. The van der Waals surface area contributed by atoms with E-state index in [9.17, 15) is 0 Å². The van der Waals surface area contributed by atoms with E-state index in [2.05, 4.69) is 4.98 Å². The molecule has 1 aromatic rings. The molecule has 0 atom stereocenters. The van der Waals surface area contributed by atoms with Crippen molar-refractivity contribution in [2.45, 2.75) is 6.42 Å². The summed E-state index contributed by atoms with van der Waals surface area (Å²) in [6.07, 6.45) is 3.69. The first-order valence-corrected chi connectivity index (χ1v) is 4.18. The molecule has 0 bridgehead atoms. The molecule has 2 N–H and O–H groups in total. The molecule has 1 rings (SSSR count). The Morgan fingerprint density at radius 2 is 2.29 bits per heavy atom. The Balaban J connectivity index is 2.69. The molecule has 0 aliphatic carbocycles. The quantitative estimate of drug-likeness (QED) is 0.629. The van der Waals surface area contributed by atoms with Crippen molar-refractivity contribution in [1.82, 2.24) is 4.98 Å². The van der Waals surface area contributed by atoms with Gasteiger partial charge < -0.3 is 19.4 Å². The highest BCUT2D eigenvalue weighted by Crippen LogP contribution is 2.16. The van der Waals surface area contributed by atoms with Gasteiger partial charge in [-0.15, -0.1) is 0 Å². The van der Waals surface area contributed by atoms with Gasteiger partial charge in [0.15, 0.2) is 0 Å². The summed E-state index contributed by atoms with van der Waals surface area (Å²) >= 11 is 0. The van der Waals surface area contributed by atoms with E-state index in [0.717, 1.165) is 5.56 Å². The van der Waals surface area contributed by atoms with Crippen LogP contribution in [0.5, 0.6) is 5.75 Å². The minimum atomic E-state index is -1.82. The van der Waals surface area contributed by atoms with Gasteiger partial charge in [0.2, 0.25) is 0 Å². The van der Waals surface area contributed by atoms with Crippen LogP contribution >= 0.6 is 0 Å². The smallest absolute Gasteiger partial charge is 0.510 e. The molecule has 0 unspecified atom stereocenters. The van der Waals surface area contributed by atoms with Crippen LogP contribution in [0.15, 0.2) is 18.5 Å². The number of pyridine rings is 1. The van der Waals surface area contributed by atoms with Gasteiger partial charge >= 0.3 is 7.32 Å². The Hall–Kier alpha value is -1.11. The molecule has 76 valence electrons. The van der Waals surface area contributed by atoms with Crippen LogP contribution in [-0.4, -0.2) is 36.1 Å². The molecule has 0 radical (unpaired) electrons. The van der Waals surface area contributed by atoms with Crippen LogP contribution in [0.4, 0.5) is 0 Å². The molecule has 1 heterocycles. The molecule has 1 aromatic heterocycles. The molecule has 0 aromatic carbocycles. The number of rotatable bonds is 5. The van der Waals surface area contributed by atoms with Crippen molar-refractivity contribution >= 4 is 7.32 Å². The van der Waals surface area contributed by atoms with Crippen molar-refractivity contribution < 1.29 is 19.4 Å². The van der Waals surface area contributed by atoms with E-state index in [-0.39, 0.29) is 0 Å². The molecular weight excluding hydrogens is 185 g/mol. The number of hydrogen-bond donors (Lipinski definition) is 2. The van der Waals surface area contributed by atoms with Crippen molar-refractivity contribution in [3.05, 3.63) is 24.0 Å². The molecule has 0 fully saturated rings. The van der Waals surface area contributed by atoms with Crippen LogP contribution in [-0.2, 0) is 11.2 Å². The van der Waals surface area contributed by atoms with Crippen LogP contribution in [0, 0.1) is 0 Å². The van der Waals surface area contributed by atoms with Crippen LogP contribution in [0.3, 0.4) is 0 Å². The van der Waals surface area contributed by atoms with Gasteiger partial charge in [0.05, 0.1) is 12.8 Å². The molecule has 14 heavy (non-hydrogen) atoms. The zero-order valence-corrected chi connectivity index (χ0v) is 7.88. The largest absolute Gasteiger partial charge is 0.707 e. The first-order valence-electron chi connectivity index (χ1n) is 4.18. The fourth-order valence-electron chi connectivity index (χ4n) is 1.05. The second kappa shape index (κ2) is 5.59. The van der Waals surface area contributed by atoms with Crippen LogP contribution in [0.1, 0.15) is 5.56 Å². The Morgan fingerprint density at radius 3 is 2.93 bits per heavy atom. The summed E-state index contributed by atoms with van der Waals surface area (Å²) in [5, 5.41) is 17.3. The maximum Gasteiger partial charge on any atom is 0.707 e. The van der Waals surface area contributed by atoms with Gasteiger partial charge in [-0.25, -0.2) is 0 Å². The van der Waals surface area contributed by atoms with Gasteiger partial charge in [0.1, 0.15) is 5.75 Å². The van der Waals surface area contributed by atoms with E-state index < -0.39 is 7.32 Å². The van der Waals surface area contributed by atoms with Gasteiger partial charge in [-0.05, 0) is 18.1 Å². The van der Waals surface area contributed by atoms with Crippen LogP contribution < -0.4 is 4.65 Å². The Labute approximate surface area is 82.5 Å². The monoisotopic (exact) mass is 197 g/mol. The standard InChI is InChI=1S/C8H12BNO4/c1-13-5-3-7-2-4-10-6-8(7)14-9(11)12/h2,4,6,11-12H,3,5H2,1H3. The summed E-state index contributed by atoms with van der Waals surface area (Å²) in [6, 6.07) is 1.75. The molecule has 0 saturated heterocycles. The third-order valence-corrected chi connectivity index (χ3v) is 1.68. The minimum Gasteiger partial charge on any atom is -0.510 e. The van der Waals surface area contributed by atoms with E-state index in [4.69, 9.17) is 19.4 Å². The summed E-state index contributed by atoms with van der Waals surface area (Å²) in [4.78, 5) is 3.82. The van der Waals surface area contributed by atoms with Crippen molar-refractivity contribution in [3.8, 4) is 5.75 Å². The van der Waals surface area contributed by atoms with E-state index in [1.54, 1.807) is 19.4 Å². The van der Waals surface area contributed by atoms with Gasteiger partial charge in [-0.2, -0.15) is 0 Å². The van der Waals surface area contributed by atoms with Crippen molar-refractivity contribution in [2.75, 3.05) is 13.7 Å². The summed E-state index contributed by atoms with van der Waals surface area (Å²) in [5.74, 6) is 0.361. The van der Waals surface area contributed by atoms with E-state index in [1.807, 2.05) is 0 Å². The Bertz CT molecular complexity index is 282. The fourth-order valence-corrected chi connectivity index (χ4v) is 1.05. The molecule has 0 aliphatic heterocycles. The first-order chi connectivity index (χ1) is 6.74. The highest BCUT2D eigenvalue weighted by molar-refractivity contribution is 6.33. The number of methoxy groups -OCH3 is 1. The fraction of sp³-hybridized carbons (Fsp3) is 0.375. The van der Waals surface area contributed by atoms with Crippen molar-refractivity contribution in [3.63, 3.8) is 0 Å². The minimum absolute atomic E-state index is 0.361. The lowest BCUT2D eigenvalue weighted by Crippen LogP contribution is -2.21. The summed E-state index contributed by atoms with van der Waals surface area (Å²) in [6.45, 7) is 0.544. The lowest BCUT2D eigenvalue weighted by Gasteiger charge is -2.09. The maximum atomic E-state index is 8.63. The first kappa shape index (κ1) is 11.0. The van der Waals surface area contributed by atoms with Gasteiger partial charge in [-0.1, -0.05) is 0 Å². The van der Waals surface area contributed by atoms with Gasteiger partial charge in [-0.3, -0.25) is 4.98 Å². The van der Waals surface area contributed by atoms with Crippen LogP contribution in [0.25, 0.3) is 0 Å². The molecule has 6 heteroatoms. The zero-order chi connectivity index (χ0) is 10.4. The average molecular weight is 197 g/mol. The van der Waals surface area contributed by atoms with Crippen molar-refractivity contribution in [1.29, 1.82) is 0 Å². The molecule has 5 nitrogen and oxygen atoms in total. The SMILES string of the molecule is COCCc1ccncc1OB(O)O. The number of hydrogen-bond acceptors (Lipinski definition) is 5. The number of ether oxygens (including phenoxy) is 1. The topological polar surface area (TPSA) is 71.8 Å². The average Bonchev–Trinajstić information content (AvgIpc) is 2.16. The predicted octanol–water partition coefficient (Wildman–Crippen LogP) is -0.381. The summed E-state index contributed by atoms with van der Waals surface area (Å²) in [5.41, 5.74) is 0.829. The third-order valence-electron chi connectivity index (χ3n) is 1.68. The lowest BCUT2D eigenvalue weighted by atomic mass is 10.1. The van der Waals surface area contributed by atoms with Crippen LogP contribution in [0.2, 0.25) is 0 Å². The van der Waals surface area contributed by atoms with Crippen molar-refractivity contribution in [2.24, 2.45) is 0 Å². The second-order valence-electron chi connectivity index (χ2n) is 2.67. The highest BCUT2D eigenvalue weighted by atomic mass is 16.6. The second-order valence-corrected chi connectivity index (χ2v) is 2.67.